The average molecular weight is 342 g/mol. The van der Waals surface area contributed by atoms with E-state index in [4.69, 9.17) is 18.0 Å². The first-order chi connectivity index (χ1) is 8.99. The molecule has 0 atom stereocenters. The smallest absolute Gasteiger partial charge is 0.105 e. The Bertz CT molecular complexity index is 468. The van der Waals surface area contributed by atoms with E-state index in [0.717, 1.165) is 36.2 Å². The number of nitrogens with two attached hydrogens (primary N) is 1. The highest BCUT2D eigenvalue weighted by Gasteiger charge is 2.19. The van der Waals surface area contributed by atoms with Gasteiger partial charge in [-0.2, -0.15) is 0 Å². The minimum Gasteiger partial charge on any atom is -0.389 e. The molecule has 1 saturated heterocycles. The number of halogens is 1. The molecule has 0 aromatic heterocycles. The lowest BCUT2D eigenvalue weighted by atomic mass is 10.1. The molecule has 2 N–H and O–H groups in total. The summed E-state index contributed by atoms with van der Waals surface area (Å²) in [7, 11) is 0. The van der Waals surface area contributed by atoms with Gasteiger partial charge < -0.3 is 10.6 Å². The Hall–Kier alpha value is -0.650. The molecule has 0 radical (unpaired) electrons. The molecule has 3 nitrogen and oxygen atoms in total. The van der Waals surface area contributed by atoms with Crippen LogP contribution in [-0.4, -0.2) is 42.1 Å². The van der Waals surface area contributed by atoms with E-state index >= 15 is 0 Å². The number of hydrogen-bond donors (Lipinski definition) is 1. The highest BCUT2D eigenvalue weighted by Crippen LogP contribution is 2.25. The maximum Gasteiger partial charge on any atom is 0.105 e. The van der Waals surface area contributed by atoms with Crippen molar-refractivity contribution in [3.05, 3.63) is 28.2 Å². The summed E-state index contributed by atoms with van der Waals surface area (Å²) in [5.41, 5.74) is 7.81. The maximum atomic E-state index is 5.68. The molecular formula is C14H20BrN3S. The Morgan fingerprint density at radius 2 is 1.89 bits per heavy atom. The van der Waals surface area contributed by atoms with Gasteiger partial charge in [-0.05, 0) is 48.0 Å². The third-order valence-corrected chi connectivity index (χ3v) is 4.50. The summed E-state index contributed by atoms with van der Waals surface area (Å²) >= 11 is 8.57. The molecule has 0 saturated carbocycles. The van der Waals surface area contributed by atoms with Crippen LogP contribution in [0.5, 0.6) is 0 Å². The minimum atomic E-state index is 0.433. The molecule has 0 aliphatic carbocycles. The van der Waals surface area contributed by atoms with Gasteiger partial charge in [-0.3, -0.25) is 4.90 Å². The summed E-state index contributed by atoms with van der Waals surface area (Å²) in [6, 6.07) is 6.84. The zero-order valence-electron chi connectivity index (χ0n) is 11.4. The molecule has 0 spiro atoms. The number of rotatable bonds is 3. The van der Waals surface area contributed by atoms with Crippen LogP contribution in [-0.2, 0) is 0 Å². The predicted octanol–water partition coefficient (Wildman–Crippen LogP) is 2.61. The van der Waals surface area contributed by atoms with Gasteiger partial charge in [0.15, 0.2) is 0 Å². The lowest BCUT2D eigenvalue weighted by Crippen LogP contribution is -2.48. The van der Waals surface area contributed by atoms with Crippen molar-refractivity contribution < 1.29 is 0 Å². The van der Waals surface area contributed by atoms with Gasteiger partial charge in [-0.1, -0.05) is 12.2 Å². The second kappa shape index (κ2) is 6.20. The molecule has 1 aliphatic heterocycles. The van der Waals surface area contributed by atoms with Crippen LogP contribution in [0.3, 0.4) is 0 Å². The van der Waals surface area contributed by atoms with Gasteiger partial charge in [0, 0.05) is 47.9 Å². The monoisotopic (exact) mass is 341 g/mol. The van der Waals surface area contributed by atoms with Crippen LogP contribution in [0.2, 0.25) is 0 Å². The largest absolute Gasteiger partial charge is 0.389 e. The molecule has 5 heteroatoms. The predicted molar refractivity (Wildman–Crippen MR) is 89.0 cm³/mol. The van der Waals surface area contributed by atoms with Crippen molar-refractivity contribution in [1.29, 1.82) is 0 Å². The molecule has 0 amide bonds. The van der Waals surface area contributed by atoms with Crippen LogP contribution >= 0.6 is 28.1 Å². The molecule has 0 bridgehead atoms. The van der Waals surface area contributed by atoms with Crippen LogP contribution in [0, 0.1) is 0 Å². The Labute approximate surface area is 128 Å². The van der Waals surface area contributed by atoms with Gasteiger partial charge in [0.05, 0.1) is 0 Å². The molecule has 104 valence electrons. The highest BCUT2D eigenvalue weighted by molar-refractivity contribution is 9.10. The first-order valence-corrected chi connectivity index (χ1v) is 7.77. The van der Waals surface area contributed by atoms with E-state index in [9.17, 15) is 0 Å². The van der Waals surface area contributed by atoms with Crippen molar-refractivity contribution in [2.24, 2.45) is 5.73 Å². The number of hydrogen-bond acceptors (Lipinski definition) is 3. The summed E-state index contributed by atoms with van der Waals surface area (Å²) in [4.78, 5) is 5.35. The van der Waals surface area contributed by atoms with Crippen molar-refractivity contribution in [2.75, 3.05) is 31.1 Å². The molecule has 19 heavy (non-hydrogen) atoms. The van der Waals surface area contributed by atoms with E-state index in [1.165, 1.54) is 5.69 Å². The molecule has 2 rings (SSSR count). The normalized spacial score (nSPS) is 16.9. The molecule has 1 aromatic carbocycles. The van der Waals surface area contributed by atoms with E-state index in [1.807, 2.05) is 6.07 Å². The first-order valence-electron chi connectivity index (χ1n) is 6.57. The van der Waals surface area contributed by atoms with E-state index in [1.54, 1.807) is 0 Å². The quantitative estimate of drug-likeness (QED) is 0.856. The van der Waals surface area contributed by atoms with Gasteiger partial charge in [0.1, 0.15) is 4.99 Å². The first kappa shape index (κ1) is 14.8. The van der Waals surface area contributed by atoms with Crippen molar-refractivity contribution >= 4 is 38.8 Å². The Morgan fingerprint density at radius 1 is 1.26 bits per heavy atom. The fourth-order valence-corrected chi connectivity index (χ4v) is 3.29. The fraction of sp³-hybridized carbons (Fsp3) is 0.500. The van der Waals surface area contributed by atoms with Crippen molar-refractivity contribution in [3.8, 4) is 0 Å². The van der Waals surface area contributed by atoms with Gasteiger partial charge in [-0.15, -0.1) is 0 Å². The lowest BCUT2D eigenvalue weighted by Gasteiger charge is -2.38. The van der Waals surface area contributed by atoms with Crippen LogP contribution < -0.4 is 10.6 Å². The molecule has 1 heterocycles. The number of piperazine rings is 1. The van der Waals surface area contributed by atoms with Crippen LogP contribution in [0.4, 0.5) is 5.69 Å². The van der Waals surface area contributed by atoms with Gasteiger partial charge in [0.25, 0.3) is 0 Å². The van der Waals surface area contributed by atoms with E-state index in [0.29, 0.717) is 11.0 Å². The van der Waals surface area contributed by atoms with Crippen LogP contribution in [0.25, 0.3) is 0 Å². The summed E-state index contributed by atoms with van der Waals surface area (Å²) in [5, 5.41) is 0. The standard InChI is InChI=1S/C14H20BrN3S/c1-10(2)17-5-7-18(8-6-17)11-3-4-12(14(16)19)13(15)9-11/h3-4,9-10H,5-8H2,1-2H3,(H2,16,19). The Morgan fingerprint density at radius 3 is 2.37 bits per heavy atom. The third-order valence-electron chi connectivity index (χ3n) is 3.63. The van der Waals surface area contributed by atoms with Crippen molar-refractivity contribution in [1.82, 2.24) is 4.90 Å². The maximum absolute atomic E-state index is 5.68. The molecule has 1 fully saturated rings. The Balaban J connectivity index is 2.08. The number of thiocarbonyl (C=S) groups is 1. The zero-order chi connectivity index (χ0) is 14.0. The third kappa shape index (κ3) is 3.46. The summed E-state index contributed by atoms with van der Waals surface area (Å²) in [6.07, 6.45) is 0. The summed E-state index contributed by atoms with van der Waals surface area (Å²) in [5.74, 6) is 0. The Kier molecular flexibility index (Phi) is 4.81. The number of anilines is 1. The number of benzene rings is 1. The minimum absolute atomic E-state index is 0.433. The van der Waals surface area contributed by atoms with Gasteiger partial charge in [0.2, 0.25) is 0 Å². The summed E-state index contributed by atoms with van der Waals surface area (Å²) in [6.45, 7) is 8.87. The molecular weight excluding hydrogens is 322 g/mol. The van der Waals surface area contributed by atoms with E-state index in [2.05, 4.69) is 51.7 Å². The second-order valence-electron chi connectivity index (χ2n) is 5.15. The molecule has 1 aromatic rings. The average Bonchev–Trinajstić information content (AvgIpc) is 2.38. The number of nitrogens with zero attached hydrogens (tertiary/aromatic N) is 2. The van der Waals surface area contributed by atoms with Gasteiger partial charge >= 0.3 is 0 Å². The van der Waals surface area contributed by atoms with Crippen LogP contribution in [0.15, 0.2) is 22.7 Å². The molecule has 0 unspecified atom stereocenters. The van der Waals surface area contributed by atoms with Crippen molar-refractivity contribution in [3.63, 3.8) is 0 Å². The van der Waals surface area contributed by atoms with E-state index < -0.39 is 0 Å². The molecule has 1 aliphatic rings. The van der Waals surface area contributed by atoms with Crippen LogP contribution in [0.1, 0.15) is 19.4 Å². The van der Waals surface area contributed by atoms with E-state index in [-0.39, 0.29) is 0 Å². The second-order valence-corrected chi connectivity index (χ2v) is 6.44. The highest BCUT2D eigenvalue weighted by atomic mass is 79.9. The van der Waals surface area contributed by atoms with Gasteiger partial charge in [-0.25, -0.2) is 0 Å². The SMILES string of the molecule is CC(C)N1CCN(c2ccc(C(N)=S)c(Br)c2)CC1. The van der Waals surface area contributed by atoms with Crippen molar-refractivity contribution in [2.45, 2.75) is 19.9 Å². The fourth-order valence-electron chi connectivity index (χ4n) is 2.40. The topological polar surface area (TPSA) is 32.5 Å². The lowest BCUT2D eigenvalue weighted by molar-refractivity contribution is 0.209. The summed E-state index contributed by atoms with van der Waals surface area (Å²) < 4.78 is 0.976. The zero-order valence-corrected chi connectivity index (χ0v) is 13.8.